The Morgan fingerprint density at radius 1 is 1.58 bits per heavy atom. The van der Waals surface area contributed by atoms with Gasteiger partial charge in [-0.2, -0.15) is 5.10 Å². The van der Waals surface area contributed by atoms with Crippen molar-refractivity contribution < 1.29 is 4.39 Å². The molecule has 0 radical (unpaired) electrons. The second kappa shape index (κ2) is 2.60. The first-order valence-corrected chi connectivity index (χ1v) is 4.20. The van der Waals surface area contributed by atoms with Gasteiger partial charge in [-0.15, -0.1) is 11.3 Å². The number of H-pyrrole nitrogens is 1. The number of nitrogen functional groups attached to an aromatic ring is 1. The van der Waals surface area contributed by atoms with Gasteiger partial charge in [0.1, 0.15) is 5.69 Å². The molecule has 0 unspecified atom stereocenters. The molecule has 0 aliphatic rings. The summed E-state index contributed by atoms with van der Waals surface area (Å²) in [5.74, 6) is -0.559. The number of aromatic amines is 1. The van der Waals surface area contributed by atoms with E-state index in [-0.39, 0.29) is 5.82 Å². The molecule has 2 aromatic rings. The molecular weight excluding hydrogens is 177 g/mol. The Bertz CT molecular complexity index is 379. The Hall–Kier alpha value is -1.36. The minimum Gasteiger partial charge on any atom is -0.380 e. The average molecular weight is 183 g/mol. The normalized spacial score (nSPS) is 10.4. The highest BCUT2D eigenvalue weighted by atomic mass is 32.1. The maximum atomic E-state index is 13.1. The lowest BCUT2D eigenvalue weighted by atomic mass is 10.3. The molecule has 0 aliphatic carbocycles. The Labute approximate surface area is 72.0 Å². The van der Waals surface area contributed by atoms with Crippen LogP contribution in [0.2, 0.25) is 0 Å². The van der Waals surface area contributed by atoms with Crippen molar-refractivity contribution >= 4 is 17.2 Å². The van der Waals surface area contributed by atoms with E-state index in [0.29, 0.717) is 5.69 Å². The van der Waals surface area contributed by atoms with E-state index in [1.165, 1.54) is 11.3 Å². The number of rotatable bonds is 1. The molecule has 5 heteroatoms. The quantitative estimate of drug-likeness (QED) is 0.709. The molecule has 0 fully saturated rings. The van der Waals surface area contributed by atoms with Crippen LogP contribution in [0.4, 0.5) is 10.2 Å². The second-order valence-corrected chi connectivity index (χ2v) is 3.22. The van der Waals surface area contributed by atoms with Crippen LogP contribution in [-0.2, 0) is 0 Å². The molecule has 3 nitrogen and oxygen atoms in total. The van der Waals surface area contributed by atoms with E-state index in [2.05, 4.69) is 10.2 Å². The van der Waals surface area contributed by atoms with Gasteiger partial charge in [-0.25, -0.2) is 4.39 Å². The molecule has 0 atom stereocenters. The largest absolute Gasteiger partial charge is 0.380 e. The van der Waals surface area contributed by atoms with Crippen LogP contribution >= 0.6 is 11.3 Å². The number of anilines is 1. The smallest absolute Gasteiger partial charge is 0.193 e. The lowest BCUT2D eigenvalue weighted by molar-refractivity contribution is 0.637. The predicted octanol–water partition coefficient (Wildman–Crippen LogP) is 1.86. The number of thiophene rings is 1. The van der Waals surface area contributed by atoms with Crippen molar-refractivity contribution in [3.63, 3.8) is 0 Å². The third-order valence-electron chi connectivity index (χ3n) is 1.50. The number of aromatic nitrogens is 2. The van der Waals surface area contributed by atoms with Crippen LogP contribution in [0.3, 0.4) is 0 Å². The van der Waals surface area contributed by atoms with E-state index < -0.39 is 5.82 Å². The number of nitrogens with one attached hydrogen (secondary N) is 1. The van der Waals surface area contributed by atoms with Crippen molar-refractivity contribution in [1.82, 2.24) is 10.2 Å². The summed E-state index contributed by atoms with van der Waals surface area (Å²) in [5, 5.41) is 7.96. The van der Waals surface area contributed by atoms with Gasteiger partial charge in [-0.05, 0) is 11.4 Å². The van der Waals surface area contributed by atoms with Gasteiger partial charge in [-0.3, -0.25) is 5.10 Å². The highest BCUT2D eigenvalue weighted by Crippen LogP contribution is 2.26. The average Bonchev–Trinajstić information content (AvgIpc) is 2.64. The van der Waals surface area contributed by atoms with Crippen molar-refractivity contribution in [2.45, 2.75) is 0 Å². The number of hydrogen-bond acceptors (Lipinski definition) is 3. The molecule has 0 saturated carbocycles. The van der Waals surface area contributed by atoms with E-state index >= 15 is 0 Å². The van der Waals surface area contributed by atoms with Crippen LogP contribution in [0.1, 0.15) is 0 Å². The molecule has 2 rings (SSSR count). The molecule has 0 spiro atoms. The topological polar surface area (TPSA) is 54.7 Å². The zero-order chi connectivity index (χ0) is 8.55. The molecule has 2 heterocycles. The third kappa shape index (κ3) is 0.984. The molecule has 12 heavy (non-hydrogen) atoms. The van der Waals surface area contributed by atoms with E-state index in [4.69, 9.17) is 5.73 Å². The lowest BCUT2D eigenvalue weighted by Crippen LogP contribution is -1.86. The Kier molecular flexibility index (Phi) is 1.58. The Balaban J connectivity index is 2.55. The van der Waals surface area contributed by atoms with Crippen molar-refractivity contribution in [2.75, 3.05) is 5.73 Å². The van der Waals surface area contributed by atoms with Gasteiger partial charge >= 0.3 is 0 Å². The molecule has 0 bridgehead atoms. The fourth-order valence-corrected chi connectivity index (χ4v) is 1.64. The van der Waals surface area contributed by atoms with Crippen molar-refractivity contribution in [2.24, 2.45) is 0 Å². The van der Waals surface area contributed by atoms with Gasteiger partial charge in [0.15, 0.2) is 11.6 Å². The molecule has 0 aromatic carbocycles. The van der Waals surface area contributed by atoms with E-state index in [9.17, 15) is 4.39 Å². The zero-order valence-electron chi connectivity index (χ0n) is 6.04. The highest BCUT2D eigenvalue weighted by Gasteiger charge is 2.11. The van der Waals surface area contributed by atoms with Crippen LogP contribution in [0, 0.1) is 5.82 Å². The summed E-state index contributed by atoms with van der Waals surface area (Å²) in [6, 6.07) is 3.65. The lowest BCUT2D eigenvalue weighted by Gasteiger charge is -1.89. The van der Waals surface area contributed by atoms with Gasteiger partial charge in [0.05, 0.1) is 4.88 Å². The zero-order valence-corrected chi connectivity index (χ0v) is 6.86. The Morgan fingerprint density at radius 3 is 2.92 bits per heavy atom. The van der Waals surface area contributed by atoms with Crippen LogP contribution in [0.25, 0.3) is 10.6 Å². The molecule has 3 N–H and O–H groups in total. The number of nitrogens with two attached hydrogens (primary N) is 1. The van der Waals surface area contributed by atoms with E-state index in [1.54, 1.807) is 6.07 Å². The van der Waals surface area contributed by atoms with Crippen molar-refractivity contribution in [1.29, 1.82) is 0 Å². The molecule has 0 aliphatic heterocycles. The van der Waals surface area contributed by atoms with Crippen molar-refractivity contribution in [3.05, 3.63) is 23.3 Å². The van der Waals surface area contributed by atoms with Crippen LogP contribution < -0.4 is 5.73 Å². The summed E-state index contributed by atoms with van der Waals surface area (Å²) in [7, 11) is 0. The molecule has 0 amide bonds. The summed E-state index contributed by atoms with van der Waals surface area (Å²) in [4.78, 5) is 0.803. The summed E-state index contributed by atoms with van der Waals surface area (Å²) in [6.45, 7) is 0. The first kappa shape index (κ1) is 7.30. The monoisotopic (exact) mass is 183 g/mol. The maximum Gasteiger partial charge on any atom is 0.193 e. The number of nitrogens with zero attached hydrogens (tertiary/aromatic N) is 1. The van der Waals surface area contributed by atoms with Gasteiger partial charge in [-0.1, -0.05) is 6.07 Å². The maximum absolute atomic E-state index is 13.1. The summed E-state index contributed by atoms with van der Waals surface area (Å²) >= 11 is 1.44. The van der Waals surface area contributed by atoms with Crippen molar-refractivity contribution in [3.8, 4) is 10.6 Å². The van der Waals surface area contributed by atoms with Crippen LogP contribution in [0.15, 0.2) is 17.5 Å². The fraction of sp³-hybridized carbons (Fsp3) is 0. The fourth-order valence-electron chi connectivity index (χ4n) is 0.926. The predicted molar refractivity (Wildman–Crippen MR) is 46.3 cm³/mol. The minimum absolute atomic E-state index is 0.0848. The summed E-state index contributed by atoms with van der Waals surface area (Å²) in [6.07, 6.45) is 0. The second-order valence-electron chi connectivity index (χ2n) is 2.28. The van der Waals surface area contributed by atoms with E-state index in [0.717, 1.165) is 4.88 Å². The van der Waals surface area contributed by atoms with E-state index in [1.807, 2.05) is 11.4 Å². The van der Waals surface area contributed by atoms with Gasteiger partial charge in [0.2, 0.25) is 0 Å². The number of halogens is 1. The van der Waals surface area contributed by atoms with Crippen LogP contribution in [-0.4, -0.2) is 10.2 Å². The minimum atomic E-state index is -0.475. The summed E-state index contributed by atoms with van der Waals surface area (Å²) in [5.41, 5.74) is 5.60. The number of hydrogen-bond donors (Lipinski definition) is 2. The molecular formula is C7H6FN3S. The van der Waals surface area contributed by atoms with Gasteiger partial charge < -0.3 is 5.73 Å². The molecule has 2 aromatic heterocycles. The Morgan fingerprint density at radius 2 is 2.42 bits per heavy atom. The third-order valence-corrected chi connectivity index (χ3v) is 2.39. The van der Waals surface area contributed by atoms with Gasteiger partial charge in [0, 0.05) is 0 Å². The van der Waals surface area contributed by atoms with Crippen LogP contribution in [0.5, 0.6) is 0 Å². The highest BCUT2D eigenvalue weighted by molar-refractivity contribution is 7.13. The SMILES string of the molecule is Nc1n[nH]c(-c2cccs2)c1F. The van der Waals surface area contributed by atoms with Gasteiger partial charge in [0.25, 0.3) is 0 Å². The summed E-state index contributed by atoms with van der Waals surface area (Å²) < 4.78 is 13.1. The molecule has 62 valence electrons. The first-order valence-electron chi connectivity index (χ1n) is 3.32. The first-order chi connectivity index (χ1) is 5.79. The molecule has 0 saturated heterocycles. The standard InChI is InChI=1S/C7H6FN3S/c8-5-6(10-11-7(5)9)4-2-1-3-12-4/h1-3H,(H3,9,10,11).